The van der Waals surface area contributed by atoms with Gasteiger partial charge in [-0.15, -0.1) is 0 Å². The molecule has 6 nitrogen and oxygen atoms in total. The molecule has 1 fully saturated rings. The summed E-state index contributed by atoms with van der Waals surface area (Å²) >= 11 is 0. The maximum atomic E-state index is 12.6. The molecule has 0 unspecified atom stereocenters. The molecule has 2 atom stereocenters. The van der Waals surface area contributed by atoms with E-state index in [-0.39, 0.29) is 24.3 Å². The molecule has 0 N–H and O–H groups in total. The monoisotopic (exact) mass is 336 g/mol. The molecule has 0 aromatic carbocycles. The van der Waals surface area contributed by atoms with Crippen molar-refractivity contribution in [3.05, 3.63) is 12.2 Å². The van der Waals surface area contributed by atoms with E-state index in [9.17, 15) is 4.79 Å². The molecule has 1 aromatic rings. The molecule has 1 amide bonds. The number of rotatable bonds is 10. The second kappa shape index (κ2) is 9.04. The van der Waals surface area contributed by atoms with Crippen molar-refractivity contribution in [2.75, 3.05) is 0 Å². The Morgan fingerprint density at radius 3 is 2.29 bits per heavy atom. The van der Waals surface area contributed by atoms with Gasteiger partial charge in [0, 0.05) is 13.1 Å². The summed E-state index contributed by atoms with van der Waals surface area (Å²) in [6, 6.07) is 0.262. The molecule has 1 aliphatic rings. The highest BCUT2D eigenvalue weighted by Crippen LogP contribution is 2.34. The lowest BCUT2D eigenvalue weighted by Crippen LogP contribution is -2.41. The summed E-state index contributed by atoms with van der Waals surface area (Å²) in [6.45, 7) is 6.49. The number of carbonyl (C=O) groups is 1. The highest BCUT2D eigenvalue weighted by atomic mass is 16.6. The Balaban J connectivity index is 2.09. The largest absolute Gasteiger partial charge is 0.436 e. The standard InChI is InChI=1S/C18H32N4O2/c1-5-7-9-11-15(12-10-8-6-2)22-14(3)16(24-18(22)23)17-19-13-20-21(17)4/h13-16H,5-12H2,1-4H3/t14-,16-/m0/s1. The molecule has 1 aliphatic heterocycles. The SMILES string of the molecule is CCCCCC(CCCCC)N1C(=O)O[C@H](c2ncnn2C)[C@@H]1C. The van der Waals surface area contributed by atoms with Crippen molar-refractivity contribution in [2.45, 2.75) is 90.3 Å². The van der Waals surface area contributed by atoms with Crippen LogP contribution in [0.2, 0.25) is 0 Å². The molecule has 2 rings (SSSR count). The molecule has 0 aliphatic carbocycles. The number of hydrogen-bond donors (Lipinski definition) is 0. The lowest BCUT2D eigenvalue weighted by Gasteiger charge is -2.30. The van der Waals surface area contributed by atoms with E-state index in [2.05, 4.69) is 30.9 Å². The first-order chi connectivity index (χ1) is 11.6. The van der Waals surface area contributed by atoms with Gasteiger partial charge in [0.25, 0.3) is 0 Å². The van der Waals surface area contributed by atoms with Crippen LogP contribution in [0.5, 0.6) is 0 Å². The summed E-state index contributed by atoms with van der Waals surface area (Å²) in [5.74, 6) is 0.721. The van der Waals surface area contributed by atoms with E-state index in [1.807, 2.05) is 11.9 Å². The second-order valence-corrected chi connectivity index (χ2v) is 6.84. The third-order valence-electron chi connectivity index (χ3n) is 4.99. The molecule has 2 heterocycles. The Kier molecular flexibility index (Phi) is 7.06. The Morgan fingerprint density at radius 1 is 1.17 bits per heavy atom. The van der Waals surface area contributed by atoms with E-state index in [4.69, 9.17) is 4.74 Å². The number of cyclic esters (lactones) is 1. The van der Waals surface area contributed by atoms with E-state index in [1.54, 1.807) is 4.68 Å². The number of unbranched alkanes of at least 4 members (excludes halogenated alkanes) is 4. The normalized spacial score (nSPS) is 20.9. The summed E-state index contributed by atoms with van der Waals surface area (Å²) < 4.78 is 7.36. The summed E-state index contributed by atoms with van der Waals surface area (Å²) in [5.41, 5.74) is 0. The van der Waals surface area contributed by atoms with Gasteiger partial charge in [-0.25, -0.2) is 14.5 Å². The van der Waals surface area contributed by atoms with Gasteiger partial charge in [0.1, 0.15) is 6.33 Å². The fourth-order valence-electron chi connectivity index (χ4n) is 3.58. The average Bonchev–Trinajstić information content (AvgIpc) is 3.09. The predicted molar refractivity (Wildman–Crippen MR) is 93.6 cm³/mol. The minimum absolute atomic E-state index is 0.00588. The summed E-state index contributed by atoms with van der Waals surface area (Å²) in [6.07, 6.45) is 10.3. The Morgan fingerprint density at radius 2 is 1.79 bits per heavy atom. The Bertz CT molecular complexity index is 507. The fourth-order valence-corrected chi connectivity index (χ4v) is 3.58. The first kappa shape index (κ1) is 18.7. The van der Waals surface area contributed by atoms with Crippen LogP contribution in [0.1, 0.15) is 84.1 Å². The van der Waals surface area contributed by atoms with Gasteiger partial charge in [0.2, 0.25) is 0 Å². The number of ether oxygens (including phenoxy) is 1. The zero-order valence-electron chi connectivity index (χ0n) is 15.6. The third kappa shape index (κ3) is 4.28. The average molecular weight is 336 g/mol. The first-order valence-corrected chi connectivity index (χ1v) is 9.42. The molecule has 6 heteroatoms. The fraction of sp³-hybridized carbons (Fsp3) is 0.833. The van der Waals surface area contributed by atoms with Gasteiger partial charge < -0.3 is 4.74 Å². The molecule has 136 valence electrons. The molecule has 1 aromatic heterocycles. The predicted octanol–water partition coefficient (Wildman–Crippen LogP) is 4.23. The molecular weight excluding hydrogens is 304 g/mol. The van der Waals surface area contributed by atoms with Crippen LogP contribution in [0.3, 0.4) is 0 Å². The van der Waals surface area contributed by atoms with Gasteiger partial charge in [0.15, 0.2) is 11.9 Å². The zero-order chi connectivity index (χ0) is 17.5. The van der Waals surface area contributed by atoms with E-state index in [1.165, 1.54) is 44.9 Å². The maximum Gasteiger partial charge on any atom is 0.411 e. The van der Waals surface area contributed by atoms with E-state index in [0.29, 0.717) is 0 Å². The van der Waals surface area contributed by atoms with Crippen LogP contribution in [0, 0.1) is 0 Å². The minimum atomic E-state index is -0.329. The smallest absolute Gasteiger partial charge is 0.411 e. The van der Waals surface area contributed by atoms with Crippen LogP contribution in [-0.4, -0.2) is 37.8 Å². The van der Waals surface area contributed by atoms with Crippen molar-refractivity contribution in [1.82, 2.24) is 19.7 Å². The van der Waals surface area contributed by atoms with Crippen LogP contribution in [0.25, 0.3) is 0 Å². The first-order valence-electron chi connectivity index (χ1n) is 9.42. The van der Waals surface area contributed by atoms with E-state index in [0.717, 1.165) is 18.7 Å². The number of aromatic nitrogens is 3. The van der Waals surface area contributed by atoms with Crippen molar-refractivity contribution >= 4 is 6.09 Å². The summed E-state index contributed by atoms with van der Waals surface area (Å²) in [4.78, 5) is 18.8. The Labute approximate surface area is 145 Å². The van der Waals surface area contributed by atoms with Crippen molar-refractivity contribution in [3.8, 4) is 0 Å². The number of carbonyl (C=O) groups excluding carboxylic acids is 1. The van der Waals surface area contributed by atoms with Crippen LogP contribution in [0.4, 0.5) is 4.79 Å². The van der Waals surface area contributed by atoms with E-state index < -0.39 is 0 Å². The molecule has 1 saturated heterocycles. The lowest BCUT2D eigenvalue weighted by molar-refractivity contribution is 0.121. The van der Waals surface area contributed by atoms with Crippen molar-refractivity contribution < 1.29 is 9.53 Å². The number of aryl methyl sites for hydroxylation is 1. The van der Waals surface area contributed by atoms with Gasteiger partial charge in [-0.05, 0) is 19.8 Å². The lowest BCUT2D eigenvalue weighted by atomic mass is 9.98. The maximum absolute atomic E-state index is 12.6. The molecule has 0 bridgehead atoms. The molecule has 0 spiro atoms. The number of hydrogen-bond acceptors (Lipinski definition) is 4. The Hall–Kier alpha value is -1.59. The van der Waals surface area contributed by atoms with Gasteiger partial charge >= 0.3 is 6.09 Å². The molecule has 0 saturated carbocycles. The number of nitrogens with zero attached hydrogens (tertiary/aromatic N) is 4. The van der Waals surface area contributed by atoms with E-state index >= 15 is 0 Å². The third-order valence-corrected chi connectivity index (χ3v) is 4.99. The van der Waals surface area contributed by atoms with Gasteiger partial charge in [0.05, 0.1) is 6.04 Å². The topological polar surface area (TPSA) is 60.3 Å². The van der Waals surface area contributed by atoms with Gasteiger partial charge in [-0.2, -0.15) is 5.10 Å². The van der Waals surface area contributed by atoms with Crippen molar-refractivity contribution in [1.29, 1.82) is 0 Å². The van der Waals surface area contributed by atoms with Crippen LogP contribution >= 0.6 is 0 Å². The summed E-state index contributed by atoms with van der Waals surface area (Å²) in [5, 5.41) is 4.11. The minimum Gasteiger partial charge on any atom is -0.436 e. The number of amides is 1. The molecular formula is C18H32N4O2. The molecule has 0 radical (unpaired) electrons. The second-order valence-electron chi connectivity index (χ2n) is 6.84. The zero-order valence-corrected chi connectivity index (χ0v) is 15.6. The van der Waals surface area contributed by atoms with Crippen LogP contribution < -0.4 is 0 Å². The molecule has 24 heavy (non-hydrogen) atoms. The quantitative estimate of drug-likeness (QED) is 0.600. The van der Waals surface area contributed by atoms with Crippen molar-refractivity contribution in [3.63, 3.8) is 0 Å². The highest BCUT2D eigenvalue weighted by molar-refractivity contribution is 5.71. The summed E-state index contributed by atoms with van der Waals surface area (Å²) in [7, 11) is 1.84. The van der Waals surface area contributed by atoms with Crippen LogP contribution in [-0.2, 0) is 11.8 Å². The van der Waals surface area contributed by atoms with Gasteiger partial charge in [-0.3, -0.25) is 4.90 Å². The highest BCUT2D eigenvalue weighted by Gasteiger charge is 2.44. The van der Waals surface area contributed by atoms with Crippen molar-refractivity contribution in [2.24, 2.45) is 7.05 Å². The van der Waals surface area contributed by atoms with Gasteiger partial charge in [-0.1, -0.05) is 52.4 Å². The van der Waals surface area contributed by atoms with Crippen LogP contribution in [0.15, 0.2) is 6.33 Å².